The molecule has 0 saturated carbocycles. The van der Waals surface area contributed by atoms with Gasteiger partial charge in [0.1, 0.15) is 0 Å². The lowest BCUT2D eigenvalue weighted by Gasteiger charge is -2.09. The van der Waals surface area contributed by atoms with Crippen LogP contribution in [0.1, 0.15) is 24.8 Å². The maximum absolute atomic E-state index is 10.6. The Labute approximate surface area is 92.9 Å². The van der Waals surface area contributed by atoms with Crippen LogP contribution in [0.4, 0.5) is 0 Å². The first kappa shape index (κ1) is 10.5. The van der Waals surface area contributed by atoms with Crippen molar-refractivity contribution in [3.05, 3.63) is 36.2 Å². The van der Waals surface area contributed by atoms with Crippen LogP contribution in [0.2, 0.25) is 0 Å². The summed E-state index contributed by atoms with van der Waals surface area (Å²) in [5, 5.41) is 18.3. The normalized spacial score (nSPS) is 12.6. The number of carbonyl (C=O) groups is 1. The Hall–Kier alpha value is -1.97. The van der Waals surface area contributed by atoms with Crippen LogP contribution >= 0.6 is 0 Å². The van der Waals surface area contributed by atoms with E-state index < -0.39 is 5.97 Å². The van der Waals surface area contributed by atoms with Crippen LogP contribution in [0.15, 0.2) is 30.6 Å². The van der Waals surface area contributed by atoms with Crippen LogP contribution < -0.4 is 0 Å². The topological polar surface area (TPSA) is 63.1 Å². The fourth-order valence-electron chi connectivity index (χ4n) is 1.70. The van der Waals surface area contributed by atoms with Crippen LogP contribution in [0, 0.1) is 0 Å². The molecule has 0 aliphatic carbocycles. The van der Waals surface area contributed by atoms with E-state index in [1.54, 1.807) is 12.4 Å². The number of rotatable bonds is 3. The molecule has 82 valence electrons. The standard InChI is InChI=1S/C12H12N2O2/c1-8(4-12(15)16)9-2-3-10-6-13-14-7-11(10)5-9/h2-3,5-8H,4H2,1H3,(H,15,16). The number of hydrogen-bond donors (Lipinski definition) is 1. The van der Waals surface area contributed by atoms with Gasteiger partial charge in [-0.15, -0.1) is 0 Å². The zero-order valence-electron chi connectivity index (χ0n) is 8.92. The number of nitrogens with zero attached hydrogens (tertiary/aromatic N) is 2. The Morgan fingerprint density at radius 3 is 2.69 bits per heavy atom. The number of aromatic nitrogens is 2. The third-order valence-electron chi connectivity index (χ3n) is 2.62. The van der Waals surface area contributed by atoms with Crippen LogP contribution in [-0.2, 0) is 4.79 Å². The van der Waals surface area contributed by atoms with Crippen molar-refractivity contribution in [1.29, 1.82) is 0 Å². The van der Waals surface area contributed by atoms with Gasteiger partial charge in [0.05, 0.1) is 18.8 Å². The molecule has 4 nitrogen and oxygen atoms in total. The summed E-state index contributed by atoms with van der Waals surface area (Å²) in [4.78, 5) is 10.6. The summed E-state index contributed by atoms with van der Waals surface area (Å²) in [6.45, 7) is 1.91. The first-order valence-electron chi connectivity index (χ1n) is 5.09. The van der Waals surface area contributed by atoms with Crippen LogP contribution in [0.3, 0.4) is 0 Å². The second-order valence-electron chi connectivity index (χ2n) is 3.88. The van der Waals surface area contributed by atoms with Crippen molar-refractivity contribution in [3.8, 4) is 0 Å². The highest BCUT2D eigenvalue weighted by atomic mass is 16.4. The Kier molecular flexibility index (Phi) is 2.81. The molecule has 0 bridgehead atoms. The maximum atomic E-state index is 10.6. The summed E-state index contributed by atoms with van der Waals surface area (Å²) >= 11 is 0. The SMILES string of the molecule is CC(CC(=O)O)c1ccc2cnncc2c1. The van der Waals surface area contributed by atoms with Gasteiger partial charge >= 0.3 is 5.97 Å². The first-order valence-corrected chi connectivity index (χ1v) is 5.09. The minimum Gasteiger partial charge on any atom is -0.481 e. The van der Waals surface area contributed by atoms with Crippen molar-refractivity contribution < 1.29 is 9.90 Å². The first-order chi connectivity index (χ1) is 7.66. The van der Waals surface area contributed by atoms with E-state index in [1.807, 2.05) is 25.1 Å². The van der Waals surface area contributed by atoms with Crippen LogP contribution in [0.25, 0.3) is 10.8 Å². The van der Waals surface area contributed by atoms with E-state index in [2.05, 4.69) is 10.2 Å². The summed E-state index contributed by atoms with van der Waals surface area (Å²) in [5.41, 5.74) is 1.02. The fourth-order valence-corrected chi connectivity index (χ4v) is 1.70. The van der Waals surface area contributed by atoms with E-state index in [-0.39, 0.29) is 12.3 Å². The Morgan fingerprint density at radius 2 is 2.00 bits per heavy atom. The van der Waals surface area contributed by atoms with Crippen molar-refractivity contribution in [2.24, 2.45) is 0 Å². The zero-order valence-corrected chi connectivity index (χ0v) is 8.92. The molecule has 16 heavy (non-hydrogen) atoms. The molecule has 2 aromatic rings. The van der Waals surface area contributed by atoms with E-state index in [1.165, 1.54) is 0 Å². The van der Waals surface area contributed by atoms with Gasteiger partial charge in [0.2, 0.25) is 0 Å². The zero-order chi connectivity index (χ0) is 11.5. The molecule has 1 aromatic heterocycles. The van der Waals surface area contributed by atoms with Gasteiger partial charge in [0, 0.05) is 10.8 Å². The smallest absolute Gasteiger partial charge is 0.303 e. The van der Waals surface area contributed by atoms with Crippen molar-refractivity contribution >= 4 is 16.7 Å². The average Bonchev–Trinajstić information content (AvgIpc) is 2.27. The second kappa shape index (κ2) is 4.26. The molecule has 2 rings (SSSR count). The molecule has 1 atom stereocenters. The van der Waals surface area contributed by atoms with Gasteiger partial charge in [-0.3, -0.25) is 4.79 Å². The molecule has 0 radical (unpaired) electrons. The van der Waals surface area contributed by atoms with Gasteiger partial charge in [-0.2, -0.15) is 10.2 Å². The molecule has 1 unspecified atom stereocenters. The average molecular weight is 216 g/mol. The minimum atomic E-state index is -0.777. The number of hydrogen-bond acceptors (Lipinski definition) is 3. The van der Waals surface area contributed by atoms with Crippen LogP contribution in [-0.4, -0.2) is 21.3 Å². The molecule has 1 heterocycles. The largest absolute Gasteiger partial charge is 0.481 e. The third kappa shape index (κ3) is 2.16. The predicted molar refractivity (Wildman–Crippen MR) is 60.2 cm³/mol. The highest BCUT2D eigenvalue weighted by Gasteiger charge is 2.10. The number of fused-ring (bicyclic) bond motifs is 1. The van der Waals surface area contributed by atoms with Crippen molar-refractivity contribution in [2.75, 3.05) is 0 Å². The summed E-state index contributed by atoms with van der Waals surface area (Å²) in [5.74, 6) is -0.768. The lowest BCUT2D eigenvalue weighted by atomic mass is 9.96. The van der Waals surface area contributed by atoms with E-state index in [0.29, 0.717) is 0 Å². The van der Waals surface area contributed by atoms with Gasteiger partial charge in [0.25, 0.3) is 0 Å². The van der Waals surface area contributed by atoms with Gasteiger partial charge in [-0.1, -0.05) is 19.1 Å². The molecule has 1 N–H and O–H groups in total. The van der Waals surface area contributed by atoms with Gasteiger partial charge < -0.3 is 5.11 Å². The van der Waals surface area contributed by atoms with Gasteiger partial charge in [-0.25, -0.2) is 0 Å². The summed E-state index contributed by atoms with van der Waals surface area (Å²) in [7, 11) is 0. The Morgan fingerprint density at radius 1 is 1.31 bits per heavy atom. The van der Waals surface area contributed by atoms with Crippen LogP contribution in [0.5, 0.6) is 0 Å². The number of aliphatic carboxylic acids is 1. The lowest BCUT2D eigenvalue weighted by Crippen LogP contribution is -2.02. The number of carboxylic acid groups (broad SMARTS) is 1. The second-order valence-corrected chi connectivity index (χ2v) is 3.88. The van der Waals surface area contributed by atoms with E-state index in [4.69, 9.17) is 5.11 Å². The number of benzene rings is 1. The molecule has 0 saturated heterocycles. The molecule has 0 aliphatic heterocycles. The lowest BCUT2D eigenvalue weighted by molar-refractivity contribution is -0.137. The molecule has 0 spiro atoms. The highest BCUT2D eigenvalue weighted by molar-refractivity contribution is 5.81. The Balaban J connectivity index is 2.35. The van der Waals surface area contributed by atoms with E-state index >= 15 is 0 Å². The number of carboxylic acids is 1. The third-order valence-corrected chi connectivity index (χ3v) is 2.62. The molecular weight excluding hydrogens is 204 g/mol. The molecule has 0 amide bonds. The monoisotopic (exact) mass is 216 g/mol. The molecule has 0 fully saturated rings. The summed E-state index contributed by atoms with van der Waals surface area (Å²) in [6, 6.07) is 5.85. The van der Waals surface area contributed by atoms with Crippen molar-refractivity contribution in [1.82, 2.24) is 10.2 Å². The fraction of sp³-hybridized carbons (Fsp3) is 0.250. The quantitative estimate of drug-likeness (QED) is 0.854. The predicted octanol–water partition coefficient (Wildman–Crippen LogP) is 2.21. The van der Waals surface area contributed by atoms with Crippen molar-refractivity contribution in [3.63, 3.8) is 0 Å². The maximum Gasteiger partial charge on any atom is 0.303 e. The van der Waals surface area contributed by atoms with E-state index in [0.717, 1.165) is 16.3 Å². The molecule has 1 aromatic carbocycles. The molecular formula is C12H12N2O2. The molecule has 4 heteroatoms. The van der Waals surface area contributed by atoms with E-state index in [9.17, 15) is 4.79 Å². The summed E-state index contributed by atoms with van der Waals surface area (Å²) < 4.78 is 0. The Bertz CT molecular complexity index is 525. The van der Waals surface area contributed by atoms with Crippen molar-refractivity contribution in [2.45, 2.75) is 19.3 Å². The summed E-state index contributed by atoms with van der Waals surface area (Å²) in [6.07, 6.45) is 3.53. The van der Waals surface area contributed by atoms with Gasteiger partial charge in [-0.05, 0) is 17.5 Å². The highest BCUT2D eigenvalue weighted by Crippen LogP contribution is 2.22. The minimum absolute atomic E-state index is 0.00932. The molecule has 0 aliphatic rings. The van der Waals surface area contributed by atoms with Gasteiger partial charge in [0.15, 0.2) is 0 Å².